The highest BCUT2D eigenvalue weighted by Crippen LogP contribution is 2.32. The van der Waals surface area contributed by atoms with Crippen LogP contribution >= 0.6 is 27.7 Å². The van der Waals surface area contributed by atoms with Crippen molar-refractivity contribution in [3.8, 4) is 5.75 Å². The maximum atomic E-state index is 12.4. The first-order valence-electron chi connectivity index (χ1n) is 8.51. The van der Waals surface area contributed by atoms with Gasteiger partial charge in [0.05, 0.1) is 23.3 Å². The molecule has 0 radical (unpaired) electrons. The highest BCUT2D eigenvalue weighted by Gasteiger charge is 2.24. The predicted molar refractivity (Wildman–Crippen MR) is 118 cm³/mol. The van der Waals surface area contributed by atoms with Crippen molar-refractivity contribution < 1.29 is 19.1 Å². The van der Waals surface area contributed by atoms with E-state index in [1.165, 1.54) is 18.9 Å². The molecule has 2 aromatic rings. The smallest absolute Gasteiger partial charge is 0.337 e. The number of nitrogens with one attached hydrogen (secondary N) is 1. The molecule has 1 aliphatic rings. The van der Waals surface area contributed by atoms with Gasteiger partial charge in [-0.25, -0.2) is 9.79 Å². The number of ether oxygens (including phenoxy) is 2. The fourth-order valence-corrected chi connectivity index (χ4v) is 3.65. The first-order chi connectivity index (χ1) is 14.0. The maximum absolute atomic E-state index is 12.4. The third kappa shape index (κ3) is 5.36. The Balaban J connectivity index is 1.81. The van der Waals surface area contributed by atoms with Gasteiger partial charge in [0.1, 0.15) is 12.4 Å². The van der Waals surface area contributed by atoms with Crippen molar-refractivity contribution in [2.45, 2.75) is 0 Å². The largest absolute Gasteiger partial charge is 0.489 e. The molecule has 29 heavy (non-hydrogen) atoms. The van der Waals surface area contributed by atoms with Crippen LogP contribution < -0.4 is 10.1 Å². The summed E-state index contributed by atoms with van der Waals surface area (Å²) in [6.45, 7) is 4.02. The molecule has 8 heteroatoms. The Labute approximate surface area is 180 Å². The van der Waals surface area contributed by atoms with Gasteiger partial charge in [0.25, 0.3) is 5.91 Å². The number of amides is 1. The van der Waals surface area contributed by atoms with E-state index in [1.807, 2.05) is 18.2 Å². The predicted octanol–water partition coefficient (Wildman–Crippen LogP) is 4.69. The average molecular weight is 473 g/mol. The van der Waals surface area contributed by atoms with Crippen LogP contribution in [0.25, 0.3) is 6.08 Å². The number of amidine groups is 1. The molecule has 0 spiro atoms. The number of hydrogen-bond donors (Lipinski definition) is 1. The zero-order valence-corrected chi connectivity index (χ0v) is 17.9. The van der Waals surface area contributed by atoms with Crippen molar-refractivity contribution in [1.82, 2.24) is 5.32 Å². The Kier molecular flexibility index (Phi) is 6.90. The monoisotopic (exact) mass is 472 g/mol. The highest BCUT2D eigenvalue weighted by molar-refractivity contribution is 9.10. The van der Waals surface area contributed by atoms with Crippen LogP contribution in [-0.2, 0) is 9.53 Å². The Morgan fingerprint density at radius 3 is 2.72 bits per heavy atom. The number of methoxy groups -OCH3 is 1. The first kappa shape index (κ1) is 20.9. The number of carbonyl (C=O) groups excluding carboxylic acids is 2. The lowest BCUT2D eigenvalue weighted by Gasteiger charge is -2.08. The topological polar surface area (TPSA) is 77.0 Å². The lowest BCUT2D eigenvalue weighted by atomic mass is 10.2. The summed E-state index contributed by atoms with van der Waals surface area (Å²) in [4.78, 5) is 28.8. The van der Waals surface area contributed by atoms with Crippen molar-refractivity contribution in [2.75, 3.05) is 13.7 Å². The van der Waals surface area contributed by atoms with Gasteiger partial charge in [-0.3, -0.25) is 4.79 Å². The number of hydrogen-bond acceptors (Lipinski definition) is 6. The van der Waals surface area contributed by atoms with E-state index in [4.69, 9.17) is 4.74 Å². The molecule has 6 nitrogen and oxygen atoms in total. The van der Waals surface area contributed by atoms with Gasteiger partial charge in [0, 0.05) is 10.0 Å². The Morgan fingerprint density at radius 2 is 2.03 bits per heavy atom. The van der Waals surface area contributed by atoms with Gasteiger partial charge in [0.2, 0.25) is 0 Å². The van der Waals surface area contributed by atoms with Gasteiger partial charge < -0.3 is 14.8 Å². The number of carbonyl (C=O) groups is 2. The van der Waals surface area contributed by atoms with Crippen molar-refractivity contribution in [3.05, 3.63) is 75.6 Å². The Hall–Kier alpha value is -2.84. The summed E-state index contributed by atoms with van der Waals surface area (Å²) in [5, 5.41) is 3.20. The molecule has 1 amide bonds. The molecule has 1 N–H and O–H groups in total. The number of nitrogens with zero attached hydrogens (tertiary/aromatic N) is 1. The molecule has 0 bridgehead atoms. The van der Waals surface area contributed by atoms with Gasteiger partial charge in [-0.05, 0) is 60.3 Å². The van der Waals surface area contributed by atoms with Crippen molar-refractivity contribution >= 4 is 56.5 Å². The number of rotatable bonds is 6. The number of aliphatic imine (C=N–C) groups is 1. The summed E-state index contributed by atoms with van der Waals surface area (Å²) in [7, 11) is 1.33. The third-order valence-electron chi connectivity index (χ3n) is 3.79. The van der Waals surface area contributed by atoms with Crippen LogP contribution in [0.15, 0.2) is 69.5 Å². The van der Waals surface area contributed by atoms with Crippen LogP contribution in [0, 0.1) is 0 Å². The van der Waals surface area contributed by atoms with Crippen molar-refractivity contribution in [1.29, 1.82) is 0 Å². The quantitative estimate of drug-likeness (QED) is 0.374. The van der Waals surface area contributed by atoms with Gasteiger partial charge in [-0.2, -0.15) is 0 Å². The summed E-state index contributed by atoms with van der Waals surface area (Å²) in [6.07, 6.45) is 3.41. The Bertz CT molecular complexity index is 1020. The third-order valence-corrected chi connectivity index (χ3v) is 5.19. The summed E-state index contributed by atoms with van der Waals surface area (Å²) < 4.78 is 11.2. The van der Waals surface area contributed by atoms with E-state index >= 15 is 0 Å². The zero-order chi connectivity index (χ0) is 20.8. The summed E-state index contributed by atoms with van der Waals surface area (Å²) in [5.41, 5.74) is 1.81. The van der Waals surface area contributed by atoms with E-state index in [0.717, 1.165) is 10.0 Å². The summed E-state index contributed by atoms with van der Waals surface area (Å²) in [5.74, 6) is -0.00571. The molecule has 0 aromatic heterocycles. The number of benzene rings is 2. The van der Waals surface area contributed by atoms with Crippen LogP contribution in [-0.4, -0.2) is 30.8 Å². The minimum atomic E-state index is -0.415. The van der Waals surface area contributed by atoms with Crippen LogP contribution in [0.1, 0.15) is 15.9 Å². The molecule has 1 heterocycles. The van der Waals surface area contributed by atoms with Crippen LogP contribution in [0.3, 0.4) is 0 Å². The van der Waals surface area contributed by atoms with Crippen molar-refractivity contribution in [3.63, 3.8) is 0 Å². The van der Waals surface area contributed by atoms with E-state index in [-0.39, 0.29) is 5.91 Å². The Morgan fingerprint density at radius 1 is 1.28 bits per heavy atom. The van der Waals surface area contributed by atoms with Gasteiger partial charge >= 0.3 is 5.97 Å². The van der Waals surface area contributed by atoms with E-state index < -0.39 is 5.97 Å². The lowest BCUT2D eigenvalue weighted by Crippen LogP contribution is -2.19. The lowest BCUT2D eigenvalue weighted by molar-refractivity contribution is -0.115. The minimum Gasteiger partial charge on any atom is -0.489 e. The average Bonchev–Trinajstić information content (AvgIpc) is 3.06. The number of halogens is 1. The fraction of sp³-hybridized carbons (Fsp3) is 0.0952. The molecule has 1 fully saturated rings. The summed E-state index contributed by atoms with van der Waals surface area (Å²) in [6, 6.07) is 12.2. The normalized spacial score (nSPS) is 16.0. The molecule has 2 aromatic carbocycles. The van der Waals surface area contributed by atoms with E-state index in [1.54, 1.807) is 36.4 Å². The number of thioether (sulfide) groups is 1. The molecule has 3 rings (SSSR count). The SMILES string of the molecule is C=CCOc1ccc(Br)cc1/C=C1\SC(=Nc2ccc(C(=O)OC)cc2)NC1=O. The second-order valence-corrected chi connectivity index (χ2v) is 7.75. The van der Waals surface area contributed by atoms with Crippen LogP contribution in [0.4, 0.5) is 5.69 Å². The molecular weight excluding hydrogens is 456 g/mol. The molecule has 1 saturated heterocycles. The second kappa shape index (κ2) is 9.58. The second-order valence-electron chi connectivity index (χ2n) is 5.80. The highest BCUT2D eigenvalue weighted by atomic mass is 79.9. The van der Waals surface area contributed by atoms with E-state index in [0.29, 0.717) is 33.7 Å². The fourth-order valence-electron chi connectivity index (χ4n) is 2.44. The molecule has 148 valence electrons. The van der Waals surface area contributed by atoms with E-state index in [2.05, 4.69) is 37.6 Å². The molecule has 0 aliphatic carbocycles. The van der Waals surface area contributed by atoms with Gasteiger partial charge in [-0.1, -0.05) is 28.6 Å². The minimum absolute atomic E-state index is 0.241. The van der Waals surface area contributed by atoms with Gasteiger partial charge in [-0.15, -0.1) is 0 Å². The van der Waals surface area contributed by atoms with Crippen LogP contribution in [0.2, 0.25) is 0 Å². The zero-order valence-electron chi connectivity index (χ0n) is 15.5. The molecule has 1 aliphatic heterocycles. The van der Waals surface area contributed by atoms with Crippen molar-refractivity contribution in [2.24, 2.45) is 4.99 Å². The first-order valence-corrected chi connectivity index (χ1v) is 10.1. The molecule has 0 unspecified atom stereocenters. The van der Waals surface area contributed by atoms with E-state index in [9.17, 15) is 9.59 Å². The summed E-state index contributed by atoms with van der Waals surface area (Å²) >= 11 is 4.67. The van der Waals surface area contributed by atoms with Gasteiger partial charge in [0.15, 0.2) is 5.17 Å². The molecule has 0 atom stereocenters. The molecule has 0 saturated carbocycles. The maximum Gasteiger partial charge on any atom is 0.337 e. The molecular formula is C21H17BrN2O4S. The number of esters is 1. The van der Waals surface area contributed by atoms with Crippen LogP contribution in [0.5, 0.6) is 5.75 Å². The standard InChI is InChI=1S/C21H17BrN2O4S/c1-3-10-28-17-9-6-15(22)11-14(17)12-18-19(25)24-21(29-18)23-16-7-4-13(5-8-16)20(26)27-2/h3-9,11-12H,1,10H2,2H3,(H,23,24,25)/b18-12-.